The van der Waals surface area contributed by atoms with Crippen LogP contribution in [-0.2, 0) is 24.2 Å². The minimum atomic E-state index is -0.961. The van der Waals surface area contributed by atoms with Crippen LogP contribution < -0.4 is 0 Å². The van der Waals surface area contributed by atoms with Crippen LogP contribution in [0.15, 0.2) is 108 Å². The van der Waals surface area contributed by atoms with E-state index < -0.39 is 5.97 Å². The molecule has 0 unspecified atom stereocenters. The van der Waals surface area contributed by atoms with Crippen LogP contribution in [-0.4, -0.2) is 45.5 Å². The lowest BCUT2D eigenvalue weighted by Gasteiger charge is -2.35. The summed E-state index contributed by atoms with van der Waals surface area (Å²) in [5, 5.41) is 11.2. The zero-order chi connectivity index (χ0) is 32.1. The number of benzene rings is 2. The standard InChI is InChI=1S/C36H42FN3O2.C2H6/c1-5-11-27(23-28(12-6-2)36(41)42)35(8-4)40(22-19-26-15-17-29(37)18-16-26)30(7-3)24-39-21-20-32-31-13-9-10-14-33(31)38-34(32)25-39;1-2/h6-18,23,38H,5,19-22,24-25H2,1-4H3,(H,41,42);1-2H3/b12-6-,27-11-,28-23+,30-7-,35-8?;. The SMILES string of the molecule is CC.CC=C(C(=C\CC)/C=C(\C=C/C)C(=O)O)N(CCc1ccc(F)cc1)/C(=C\C)CN1CCc2c([nH]c3ccccc23)C1. The van der Waals surface area contributed by atoms with Crippen molar-refractivity contribution in [3.63, 3.8) is 0 Å². The van der Waals surface area contributed by atoms with Crippen molar-refractivity contribution in [1.29, 1.82) is 0 Å². The summed E-state index contributed by atoms with van der Waals surface area (Å²) >= 11 is 0. The number of hydrogen-bond acceptors (Lipinski definition) is 3. The Bertz CT molecular complexity index is 1540. The highest BCUT2D eigenvalue weighted by molar-refractivity contribution is 5.90. The summed E-state index contributed by atoms with van der Waals surface area (Å²) in [5.41, 5.74) is 8.12. The number of carbonyl (C=O) groups is 1. The second kappa shape index (κ2) is 17.2. The van der Waals surface area contributed by atoms with E-state index in [4.69, 9.17) is 0 Å². The Kier molecular flexibility index (Phi) is 13.4. The van der Waals surface area contributed by atoms with Crippen LogP contribution in [0, 0.1) is 5.82 Å². The van der Waals surface area contributed by atoms with Gasteiger partial charge in [0.2, 0.25) is 0 Å². The summed E-state index contributed by atoms with van der Waals surface area (Å²) in [6.45, 7) is 15.1. The van der Waals surface area contributed by atoms with Crippen LogP contribution in [0.25, 0.3) is 10.9 Å². The molecule has 0 radical (unpaired) electrons. The lowest BCUT2D eigenvalue weighted by atomic mass is 10.0. The van der Waals surface area contributed by atoms with Gasteiger partial charge in [0.25, 0.3) is 0 Å². The number of aliphatic carboxylic acids is 1. The van der Waals surface area contributed by atoms with Crippen LogP contribution in [0.1, 0.15) is 64.8 Å². The molecule has 44 heavy (non-hydrogen) atoms. The number of rotatable bonds is 12. The zero-order valence-electron chi connectivity index (χ0n) is 27.2. The van der Waals surface area contributed by atoms with Crippen molar-refractivity contribution in [1.82, 2.24) is 14.8 Å². The molecule has 5 nitrogen and oxygen atoms in total. The summed E-state index contributed by atoms with van der Waals surface area (Å²) in [6.07, 6.45) is 13.9. The van der Waals surface area contributed by atoms with E-state index >= 15 is 0 Å². The molecule has 0 aliphatic carbocycles. The largest absolute Gasteiger partial charge is 0.478 e. The number of aromatic nitrogens is 1. The fraction of sp³-hybridized carbons (Fsp3) is 0.342. The summed E-state index contributed by atoms with van der Waals surface area (Å²) in [4.78, 5) is 20.4. The highest BCUT2D eigenvalue weighted by atomic mass is 19.1. The van der Waals surface area contributed by atoms with Gasteiger partial charge < -0.3 is 15.0 Å². The first-order valence-electron chi connectivity index (χ1n) is 15.8. The van der Waals surface area contributed by atoms with Gasteiger partial charge in [-0.2, -0.15) is 0 Å². The van der Waals surface area contributed by atoms with E-state index in [1.165, 1.54) is 34.3 Å². The number of fused-ring (bicyclic) bond motifs is 3. The topological polar surface area (TPSA) is 59.6 Å². The van der Waals surface area contributed by atoms with E-state index in [9.17, 15) is 14.3 Å². The summed E-state index contributed by atoms with van der Waals surface area (Å²) in [6, 6.07) is 15.2. The van der Waals surface area contributed by atoms with Crippen LogP contribution in [0.3, 0.4) is 0 Å². The van der Waals surface area contributed by atoms with E-state index in [2.05, 4.69) is 71.1 Å². The predicted octanol–water partition coefficient (Wildman–Crippen LogP) is 8.97. The fourth-order valence-electron chi connectivity index (χ4n) is 5.72. The van der Waals surface area contributed by atoms with Gasteiger partial charge in [0.1, 0.15) is 5.82 Å². The van der Waals surface area contributed by atoms with E-state index in [1.54, 1.807) is 18.2 Å². The minimum Gasteiger partial charge on any atom is -0.478 e. The monoisotopic (exact) mass is 597 g/mol. The molecule has 6 heteroatoms. The summed E-state index contributed by atoms with van der Waals surface area (Å²) in [7, 11) is 0. The molecule has 1 aliphatic rings. The van der Waals surface area contributed by atoms with Gasteiger partial charge in [-0.15, -0.1) is 0 Å². The molecule has 1 aliphatic heterocycles. The Morgan fingerprint density at radius 3 is 2.41 bits per heavy atom. The number of aromatic amines is 1. The normalized spacial score (nSPS) is 14.9. The zero-order valence-corrected chi connectivity index (χ0v) is 27.2. The number of hydrogen-bond donors (Lipinski definition) is 2. The number of H-pyrrole nitrogens is 1. The molecule has 2 N–H and O–H groups in total. The van der Waals surface area contributed by atoms with E-state index in [0.717, 1.165) is 55.0 Å². The molecule has 0 atom stereocenters. The second-order valence-electron chi connectivity index (χ2n) is 10.5. The third-order valence-corrected chi connectivity index (χ3v) is 7.75. The second-order valence-corrected chi connectivity index (χ2v) is 10.5. The third-order valence-electron chi connectivity index (χ3n) is 7.75. The maximum Gasteiger partial charge on any atom is 0.335 e. The maximum absolute atomic E-state index is 13.6. The van der Waals surface area contributed by atoms with Crippen molar-refractivity contribution >= 4 is 16.9 Å². The lowest BCUT2D eigenvalue weighted by Crippen LogP contribution is -2.37. The first kappa shape index (κ1) is 34.3. The Labute approximate surface area is 262 Å². The van der Waals surface area contributed by atoms with Crippen molar-refractivity contribution in [3.8, 4) is 0 Å². The van der Waals surface area contributed by atoms with Crippen LogP contribution in [0.2, 0.25) is 0 Å². The molecule has 2 heterocycles. The molecule has 3 aromatic rings. The molecule has 0 saturated heterocycles. The molecule has 2 aromatic carbocycles. The highest BCUT2D eigenvalue weighted by Crippen LogP contribution is 2.30. The van der Waals surface area contributed by atoms with E-state index in [-0.39, 0.29) is 11.4 Å². The van der Waals surface area contributed by atoms with Crippen LogP contribution in [0.4, 0.5) is 4.39 Å². The van der Waals surface area contributed by atoms with Crippen LogP contribution in [0.5, 0.6) is 0 Å². The molecule has 0 fully saturated rings. The van der Waals surface area contributed by atoms with Crippen molar-refractivity contribution in [2.75, 3.05) is 19.6 Å². The van der Waals surface area contributed by atoms with Crippen molar-refractivity contribution in [3.05, 3.63) is 130 Å². The quantitative estimate of drug-likeness (QED) is 0.162. The molecule has 0 spiro atoms. The fourth-order valence-corrected chi connectivity index (χ4v) is 5.72. The minimum absolute atomic E-state index is 0.236. The van der Waals surface area contributed by atoms with Gasteiger partial charge in [0.15, 0.2) is 0 Å². The highest BCUT2D eigenvalue weighted by Gasteiger charge is 2.24. The van der Waals surface area contributed by atoms with Crippen molar-refractivity contribution in [2.24, 2.45) is 0 Å². The third kappa shape index (κ3) is 8.70. The molecule has 0 bridgehead atoms. The van der Waals surface area contributed by atoms with Gasteiger partial charge in [-0.25, -0.2) is 9.18 Å². The van der Waals surface area contributed by atoms with Gasteiger partial charge in [0.05, 0.1) is 5.57 Å². The van der Waals surface area contributed by atoms with Crippen molar-refractivity contribution in [2.45, 2.75) is 67.3 Å². The van der Waals surface area contributed by atoms with Crippen molar-refractivity contribution < 1.29 is 14.3 Å². The molecule has 4 rings (SSSR count). The van der Waals surface area contributed by atoms with Crippen LogP contribution >= 0.6 is 0 Å². The Morgan fingerprint density at radius 2 is 1.77 bits per heavy atom. The number of para-hydroxylation sites is 1. The molecular formula is C38H48FN3O2. The Morgan fingerprint density at radius 1 is 1.05 bits per heavy atom. The van der Waals surface area contributed by atoms with Gasteiger partial charge >= 0.3 is 5.97 Å². The number of carboxylic acid groups (broad SMARTS) is 1. The van der Waals surface area contributed by atoms with Gasteiger partial charge in [-0.3, -0.25) is 4.90 Å². The predicted molar refractivity (Wildman–Crippen MR) is 182 cm³/mol. The first-order chi connectivity index (χ1) is 21.4. The maximum atomic E-state index is 13.6. The molecule has 0 saturated carbocycles. The number of halogens is 1. The van der Waals surface area contributed by atoms with Gasteiger partial charge in [-0.1, -0.05) is 81.5 Å². The first-order valence-corrected chi connectivity index (χ1v) is 15.8. The van der Waals surface area contributed by atoms with E-state index in [1.807, 2.05) is 39.8 Å². The molecule has 0 amide bonds. The molecule has 234 valence electrons. The average Bonchev–Trinajstić information content (AvgIpc) is 3.41. The Hall–Kier alpha value is -4.16. The average molecular weight is 598 g/mol. The summed E-state index contributed by atoms with van der Waals surface area (Å²) in [5.74, 6) is -1.21. The van der Waals surface area contributed by atoms with E-state index in [0.29, 0.717) is 13.0 Å². The molecule has 1 aromatic heterocycles. The number of carboxylic acids is 1. The molecular weight excluding hydrogens is 549 g/mol. The number of allylic oxidation sites excluding steroid dienone is 5. The lowest BCUT2D eigenvalue weighted by molar-refractivity contribution is -0.132. The van der Waals surface area contributed by atoms with Gasteiger partial charge in [0, 0.05) is 54.2 Å². The number of nitrogens with zero attached hydrogens (tertiary/aromatic N) is 2. The Balaban J connectivity index is 0.00000259. The number of nitrogens with one attached hydrogen (secondary N) is 1. The van der Waals surface area contributed by atoms with Gasteiger partial charge in [-0.05, 0) is 81.0 Å². The smallest absolute Gasteiger partial charge is 0.335 e. The summed E-state index contributed by atoms with van der Waals surface area (Å²) < 4.78 is 13.6.